The molecule has 1 aromatic carbocycles. The number of urea groups is 1. The summed E-state index contributed by atoms with van der Waals surface area (Å²) in [6, 6.07) is 8.53. The van der Waals surface area contributed by atoms with Crippen LogP contribution in [0, 0.1) is 6.92 Å². The van der Waals surface area contributed by atoms with Gasteiger partial charge in [0.2, 0.25) is 0 Å². The summed E-state index contributed by atoms with van der Waals surface area (Å²) in [5, 5.41) is 3.11. The molecule has 0 radical (unpaired) electrons. The van der Waals surface area contributed by atoms with E-state index in [1.54, 1.807) is 6.20 Å². The van der Waals surface area contributed by atoms with Gasteiger partial charge >= 0.3 is 6.03 Å². The number of carbonyl (C=O) groups excluding carboxylic acids is 1. The molecule has 6 heteroatoms. The van der Waals surface area contributed by atoms with Gasteiger partial charge in [0, 0.05) is 32.5 Å². The predicted octanol–water partition coefficient (Wildman–Crippen LogP) is 2.95. The molecule has 2 amide bonds. The maximum absolute atomic E-state index is 12.8. The van der Waals surface area contributed by atoms with Gasteiger partial charge < -0.3 is 19.7 Å². The number of hydrogen-bond acceptors (Lipinski definition) is 3. The molecule has 0 aliphatic carbocycles. The highest BCUT2D eigenvalue weighted by molar-refractivity contribution is 5.74. The first-order chi connectivity index (χ1) is 12.4. The number of amides is 2. The zero-order valence-corrected chi connectivity index (χ0v) is 16.6. The number of hydrogen-bond donors (Lipinski definition) is 1. The number of aromatic nitrogens is 2. The molecule has 2 aromatic rings. The number of nitrogens with zero attached hydrogens (tertiary/aromatic N) is 4. The molecule has 6 nitrogen and oxygen atoms in total. The third-order valence-corrected chi connectivity index (χ3v) is 4.53. The minimum absolute atomic E-state index is 0.0469. The third-order valence-electron chi connectivity index (χ3n) is 4.53. The quantitative estimate of drug-likeness (QED) is 0.790. The topological polar surface area (TPSA) is 53.4 Å². The number of imidazole rings is 1. The van der Waals surface area contributed by atoms with Gasteiger partial charge in [-0.05, 0) is 33.0 Å². The normalized spacial score (nSPS) is 12.2. The van der Waals surface area contributed by atoms with E-state index in [1.807, 2.05) is 36.8 Å². The van der Waals surface area contributed by atoms with Crippen molar-refractivity contribution in [3.8, 4) is 0 Å². The number of carbonyl (C=O) groups is 1. The van der Waals surface area contributed by atoms with Gasteiger partial charge in [-0.25, -0.2) is 9.78 Å². The van der Waals surface area contributed by atoms with Crippen LogP contribution in [-0.4, -0.2) is 52.6 Å². The van der Waals surface area contributed by atoms with E-state index in [0.717, 1.165) is 12.2 Å². The Morgan fingerprint density at radius 3 is 2.69 bits per heavy atom. The Morgan fingerprint density at radius 2 is 2.12 bits per heavy atom. The van der Waals surface area contributed by atoms with Gasteiger partial charge in [0.25, 0.3) is 0 Å². The van der Waals surface area contributed by atoms with E-state index in [2.05, 4.69) is 53.3 Å². The van der Waals surface area contributed by atoms with Crippen LogP contribution in [0.3, 0.4) is 0 Å². The molecule has 1 heterocycles. The Morgan fingerprint density at radius 1 is 1.35 bits per heavy atom. The van der Waals surface area contributed by atoms with Crippen molar-refractivity contribution < 1.29 is 4.79 Å². The van der Waals surface area contributed by atoms with E-state index in [9.17, 15) is 4.79 Å². The molecular weight excluding hydrogens is 326 g/mol. The van der Waals surface area contributed by atoms with Crippen molar-refractivity contribution in [2.75, 3.05) is 27.2 Å². The monoisotopic (exact) mass is 357 g/mol. The molecule has 1 aromatic heterocycles. The molecule has 0 spiro atoms. The van der Waals surface area contributed by atoms with Crippen LogP contribution in [0.15, 0.2) is 36.7 Å². The SMILES string of the molecule is CCCN(Cc1nccn1C)C(=O)NC[C@@H](c1cccc(C)c1)N(C)C. The van der Waals surface area contributed by atoms with Crippen molar-refractivity contribution in [1.29, 1.82) is 0 Å². The largest absolute Gasteiger partial charge is 0.337 e. The lowest BCUT2D eigenvalue weighted by Crippen LogP contribution is -2.43. The van der Waals surface area contributed by atoms with E-state index in [1.165, 1.54) is 11.1 Å². The van der Waals surface area contributed by atoms with Gasteiger partial charge in [-0.1, -0.05) is 36.8 Å². The van der Waals surface area contributed by atoms with Crippen molar-refractivity contribution in [1.82, 2.24) is 24.7 Å². The van der Waals surface area contributed by atoms with Gasteiger partial charge in [0.15, 0.2) is 0 Å². The molecular formula is C20H31N5O. The second kappa shape index (κ2) is 9.38. The fraction of sp³-hybridized carbons (Fsp3) is 0.500. The standard InChI is InChI=1S/C20H31N5O/c1-6-11-25(15-19-21-10-12-24(19)5)20(26)22-14-18(23(3)4)17-9-7-8-16(2)13-17/h7-10,12-13,18H,6,11,14-15H2,1-5H3,(H,22,26)/t18-/m0/s1. The van der Waals surface area contributed by atoms with Gasteiger partial charge in [-0.15, -0.1) is 0 Å². The Balaban J connectivity index is 2.03. The maximum atomic E-state index is 12.8. The van der Waals surface area contributed by atoms with Crippen LogP contribution < -0.4 is 5.32 Å². The third kappa shape index (κ3) is 5.33. The average Bonchev–Trinajstić information content (AvgIpc) is 2.99. The lowest BCUT2D eigenvalue weighted by atomic mass is 10.0. The van der Waals surface area contributed by atoms with Crippen LogP contribution in [0.4, 0.5) is 4.79 Å². The summed E-state index contributed by atoms with van der Waals surface area (Å²) in [5.74, 6) is 0.886. The number of nitrogens with one attached hydrogen (secondary N) is 1. The maximum Gasteiger partial charge on any atom is 0.317 e. The lowest BCUT2D eigenvalue weighted by molar-refractivity contribution is 0.188. The number of aryl methyl sites for hydroxylation is 2. The van der Waals surface area contributed by atoms with E-state index in [4.69, 9.17) is 0 Å². The molecule has 26 heavy (non-hydrogen) atoms. The van der Waals surface area contributed by atoms with Gasteiger partial charge in [0.05, 0.1) is 12.6 Å². The van der Waals surface area contributed by atoms with Crippen LogP contribution in [-0.2, 0) is 13.6 Å². The summed E-state index contributed by atoms with van der Waals surface area (Å²) in [4.78, 5) is 21.1. The summed E-state index contributed by atoms with van der Waals surface area (Å²) in [6.07, 6.45) is 4.57. The minimum Gasteiger partial charge on any atom is -0.337 e. The summed E-state index contributed by atoms with van der Waals surface area (Å²) < 4.78 is 1.95. The number of likely N-dealkylation sites (N-methyl/N-ethyl adjacent to an activating group) is 1. The van der Waals surface area contributed by atoms with Crippen molar-refractivity contribution in [3.63, 3.8) is 0 Å². The van der Waals surface area contributed by atoms with E-state index in [-0.39, 0.29) is 12.1 Å². The minimum atomic E-state index is -0.0469. The van der Waals surface area contributed by atoms with E-state index in [0.29, 0.717) is 19.6 Å². The van der Waals surface area contributed by atoms with Gasteiger partial charge in [-0.3, -0.25) is 0 Å². The summed E-state index contributed by atoms with van der Waals surface area (Å²) >= 11 is 0. The first-order valence-corrected chi connectivity index (χ1v) is 9.14. The van der Waals surface area contributed by atoms with Crippen LogP contribution in [0.2, 0.25) is 0 Å². The molecule has 0 saturated heterocycles. The van der Waals surface area contributed by atoms with Crippen molar-refractivity contribution >= 4 is 6.03 Å². The van der Waals surface area contributed by atoms with Gasteiger partial charge in [0.1, 0.15) is 5.82 Å². The first kappa shape index (κ1) is 20.0. The fourth-order valence-electron chi connectivity index (χ4n) is 3.01. The molecule has 0 bridgehead atoms. The molecule has 1 N–H and O–H groups in total. The molecule has 0 aliphatic rings. The van der Waals surface area contributed by atoms with Crippen molar-refractivity contribution in [3.05, 3.63) is 53.6 Å². The predicted molar refractivity (Wildman–Crippen MR) is 105 cm³/mol. The van der Waals surface area contributed by atoms with Gasteiger partial charge in [-0.2, -0.15) is 0 Å². The fourth-order valence-corrected chi connectivity index (χ4v) is 3.01. The first-order valence-electron chi connectivity index (χ1n) is 9.14. The average molecular weight is 358 g/mol. The van der Waals surface area contributed by atoms with Crippen LogP contribution >= 0.6 is 0 Å². The molecule has 0 saturated carbocycles. The molecule has 2 rings (SSSR count). The molecule has 1 atom stereocenters. The zero-order chi connectivity index (χ0) is 19.1. The van der Waals surface area contributed by atoms with Crippen molar-refractivity contribution in [2.24, 2.45) is 7.05 Å². The lowest BCUT2D eigenvalue weighted by Gasteiger charge is -2.28. The smallest absolute Gasteiger partial charge is 0.317 e. The van der Waals surface area contributed by atoms with Crippen LogP contribution in [0.1, 0.15) is 36.3 Å². The molecule has 142 valence electrons. The van der Waals surface area contributed by atoms with Crippen LogP contribution in [0.25, 0.3) is 0 Å². The second-order valence-corrected chi connectivity index (χ2v) is 6.96. The molecule has 0 aliphatic heterocycles. The Kier molecular flexibility index (Phi) is 7.21. The highest BCUT2D eigenvalue weighted by Crippen LogP contribution is 2.18. The number of benzene rings is 1. The van der Waals surface area contributed by atoms with Crippen LogP contribution in [0.5, 0.6) is 0 Å². The Labute approximate surface area is 156 Å². The van der Waals surface area contributed by atoms with E-state index >= 15 is 0 Å². The zero-order valence-electron chi connectivity index (χ0n) is 16.6. The molecule has 0 fully saturated rings. The second-order valence-electron chi connectivity index (χ2n) is 6.96. The summed E-state index contributed by atoms with van der Waals surface area (Å²) in [6.45, 7) is 5.95. The van der Waals surface area contributed by atoms with Crippen molar-refractivity contribution in [2.45, 2.75) is 32.9 Å². The Hall–Kier alpha value is -2.34. The highest BCUT2D eigenvalue weighted by atomic mass is 16.2. The summed E-state index contributed by atoms with van der Waals surface area (Å²) in [7, 11) is 6.03. The van der Waals surface area contributed by atoms with E-state index < -0.39 is 0 Å². The summed E-state index contributed by atoms with van der Waals surface area (Å²) in [5.41, 5.74) is 2.43. The Bertz CT molecular complexity index is 710. The molecule has 0 unspecified atom stereocenters. The highest BCUT2D eigenvalue weighted by Gasteiger charge is 2.19. The number of rotatable bonds is 8.